The second kappa shape index (κ2) is 6.93. The smallest absolute Gasteiger partial charge is 0.234 e. The number of rotatable bonds is 5. The molecule has 2 nitrogen and oxygen atoms in total. The van der Waals surface area contributed by atoms with E-state index in [9.17, 15) is 9.18 Å². The molecule has 1 N–H and O–H groups in total. The van der Waals surface area contributed by atoms with Gasteiger partial charge in [0.05, 0.1) is 10.1 Å². The molecule has 0 aliphatic heterocycles. The Hall–Kier alpha value is -1.04. The predicted octanol–water partition coefficient (Wildman–Crippen LogP) is 4.41. The summed E-state index contributed by atoms with van der Waals surface area (Å²) < 4.78 is 13.4. The number of hydrogen-bond acceptors (Lipinski definition) is 3. The van der Waals surface area contributed by atoms with Crippen molar-refractivity contribution in [3.63, 3.8) is 0 Å². The van der Waals surface area contributed by atoms with E-state index in [1.54, 1.807) is 0 Å². The van der Waals surface area contributed by atoms with E-state index in [4.69, 9.17) is 11.6 Å². The van der Waals surface area contributed by atoms with Crippen LogP contribution in [-0.4, -0.2) is 11.7 Å². The molecule has 0 atom stereocenters. The number of benzene rings is 1. The third-order valence-corrected chi connectivity index (χ3v) is 4.63. The largest absolute Gasteiger partial charge is 0.325 e. The van der Waals surface area contributed by atoms with E-state index in [0.717, 1.165) is 15.0 Å². The molecule has 0 unspecified atom stereocenters. The Morgan fingerprint density at radius 3 is 2.63 bits per heavy atom. The number of thioether (sulfide) groups is 1. The summed E-state index contributed by atoms with van der Waals surface area (Å²) in [7, 11) is 0. The Balaban J connectivity index is 1.74. The van der Waals surface area contributed by atoms with Crippen LogP contribution in [0.3, 0.4) is 0 Å². The van der Waals surface area contributed by atoms with Crippen molar-refractivity contribution in [3.05, 3.63) is 51.4 Å². The van der Waals surface area contributed by atoms with Gasteiger partial charge in [0.1, 0.15) is 5.82 Å². The maximum Gasteiger partial charge on any atom is 0.234 e. The summed E-state index contributed by atoms with van der Waals surface area (Å²) in [6.45, 7) is 0. The van der Waals surface area contributed by atoms with Gasteiger partial charge in [0.2, 0.25) is 5.91 Å². The number of amides is 1. The van der Waals surface area contributed by atoms with Crippen molar-refractivity contribution in [2.75, 3.05) is 11.1 Å². The molecule has 2 aromatic rings. The quantitative estimate of drug-likeness (QED) is 0.885. The van der Waals surface area contributed by atoms with Gasteiger partial charge in [-0.05, 0) is 36.4 Å². The molecule has 6 heteroatoms. The summed E-state index contributed by atoms with van der Waals surface area (Å²) in [5.74, 6) is 0.697. The van der Waals surface area contributed by atoms with Crippen molar-refractivity contribution >= 4 is 46.3 Å². The van der Waals surface area contributed by atoms with Crippen molar-refractivity contribution in [2.24, 2.45) is 0 Å². The summed E-state index contributed by atoms with van der Waals surface area (Å²) >= 11 is 8.85. The van der Waals surface area contributed by atoms with Crippen LogP contribution in [0, 0.1) is 5.82 Å². The Morgan fingerprint density at radius 1 is 1.26 bits per heavy atom. The van der Waals surface area contributed by atoms with Gasteiger partial charge in [0.25, 0.3) is 0 Å². The first-order valence-corrected chi connectivity index (χ1v) is 7.86. The predicted molar refractivity (Wildman–Crippen MR) is 80.5 cm³/mol. The van der Waals surface area contributed by atoms with Crippen LogP contribution < -0.4 is 5.32 Å². The van der Waals surface area contributed by atoms with E-state index >= 15 is 0 Å². The first-order valence-electron chi connectivity index (χ1n) is 5.51. The number of anilines is 1. The average molecular weight is 316 g/mol. The molecule has 1 aromatic carbocycles. The Labute approximate surface area is 124 Å². The van der Waals surface area contributed by atoms with Crippen molar-refractivity contribution in [1.29, 1.82) is 0 Å². The number of nitrogens with one attached hydrogen (secondary N) is 1. The van der Waals surface area contributed by atoms with Crippen LogP contribution >= 0.6 is 34.7 Å². The molecule has 0 aliphatic carbocycles. The first kappa shape index (κ1) is 14.4. The van der Waals surface area contributed by atoms with Gasteiger partial charge in [-0.2, -0.15) is 0 Å². The molecule has 0 radical (unpaired) electrons. The van der Waals surface area contributed by atoms with Gasteiger partial charge in [0, 0.05) is 16.3 Å². The number of carbonyl (C=O) groups excluding carboxylic acids is 1. The summed E-state index contributed by atoms with van der Waals surface area (Å²) in [5, 5.41) is 2.71. The SMILES string of the molecule is O=C(CSCc1ccc(Cl)s1)Nc1ccc(F)cc1. The molecular formula is C13H11ClFNOS2. The summed E-state index contributed by atoms with van der Waals surface area (Å²) in [6.07, 6.45) is 0. The highest BCUT2D eigenvalue weighted by molar-refractivity contribution is 7.99. The number of hydrogen-bond donors (Lipinski definition) is 1. The highest BCUT2D eigenvalue weighted by Gasteiger charge is 2.04. The molecule has 0 fully saturated rings. The van der Waals surface area contributed by atoms with Gasteiger partial charge in [-0.1, -0.05) is 11.6 Å². The van der Waals surface area contributed by atoms with E-state index in [2.05, 4.69) is 5.32 Å². The van der Waals surface area contributed by atoms with Crippen molar-refractivity contribution in [2.45, 2.75) is 5.75 Å². The average Bonchev–Trinajstić information content (AvgIpc) is 2.78. The van der Waals surface area contributed by atoms with Gasteiger partial charge >= 0.3 is 0 Å². The van der Waals surface area contributed by atoms with Crippen molar-refractivity contribution in [1.82, 2.24) is 0 Å². The molecular weight excluding hydrogens is 305 g/mol. The minimum atomic E-state index is -0.318. The highest BCUT2D eigenvalue weighted by atomic mass is 35.5. The van der Waals surface area contributed by atoms with Crippen LogP contribution in [0.5, 0.6) is 0 Å². The van der Waals surface area contributed by atoms with Gasteiger partial charge in [-0.25, -0.2) is 4.39 Å². The zero-order chi connectivity index (χ0) is 13.7. The van der Waals surface area contributed by atoms with Crippen LogP contribution in [0.25, 0.3) is 0 Å². The topological polar surface area (TPSA) is 29.1 Å². The Bertz CT molecular complexity index is 556. The fourth-order valence-electron chi connectivity index (χ4n) is 1.40. The van der Waals surface area contributed by atoms with E-state index in [1.807, 2.05) is 12.1 Å². The second-order valence-electron chi connectivity index (χ2n) is 3.75. The zero-order valence-corrected chi connectivity index (χ0v) is 12.2. The van der Waals surface area contributed by atoms with Gasteiger partial charge in [0.15, 0.2) is 0 Å². The zero-order valence-electron chi connectivity index (χ0n) is 9.86. The van der Waals surface area contributed by atoms with Crippen LogP contribution in [0.2, 0.25) is 4.34 Å². The molecule has 0 saturated carbocycles. The standard InChI is InChI=1S/C13H11ClFNOS2/c14-12-6-5-11(19-12)7-18-8-13(17)16-10-3-1-9(15)2-4-10/h1-6H,7-8H2,(H,16,17). The lowest BCUT2D eigenvalue weighted by Crippen LogP contribution is -2.14. The summed E-state index contributed by atoms with van der Waals surface area (Å²) in [5.41, 5.74) is 0.603. The van der Waals surface area contributed by atoms with E-state index in [0.29, 0.717) is 11.4 Å². The van der Waals surface area contributed by atoms with Crippen LogP contribution in [0.4, 0.5) is 10.1 Å². The Morgan fingerprint density at radius 2 is 2.00 bits per heavy atom. The molecule has 0 bridgehead atoms. The Kier molecular flexibility index (Phi) is 5.24. The highest BCUT2D eigenvalue weighted by Crippen LogP contribution is 2.25. The third kappa shape index (κ3) is 4.86. The number of carbonyl (C=O) groups is 1. The van der Waals surface area contributed by atoms with E-state index < -0.39 is 0 Å². The molecule has 1 amide bonds. The molecule has 0 saturated heterocycles. The lowest BCUT2D eigenvalue weighted by molar-refractivity contribution is -0.113. The molecule has 1 heterocycles. The minimum Gasteiger partial charge on any atom is -0.325 e. The first-order chi connectivity index (χ1) is 9.13. The second-order valence-corrected chi connectivity index (χ2v) is 6.54. The molecule has 2 rings (SSSR count). The third-order valence-electron chi connectivity index (χ3n) is 2.23. The number of halogens is 2. The molecule has 0 spiro atoms. The monoisotopic (exact) mass is 315 g/mol. The lowest BCUT2D eigenvalue weighted by Gasteiger charge is -2.04. The summed E-state index contributed by atoms with van der Waals surface area (Å²) in [6, 6.07) is 9.51. The maximum absolute atomic E-state index is 12.7. The minimum absolute atomic E-state index is 0.0979. The van der Waals surface area contributed by atoms with E-state index in [1.165, 1.54) is 47.4 Å². The van der Waals surface area contributed by atoms with Crippen molar-refractivity contribution in [3.8, 4) is 0 Å². The maximum atomic E-state index is 12.7. The fourth-order valence-corrected chi connectivity index (χ4v) is 3.43. The van der Waals surface area contributed by atoms with Crippen molar-refractivity contribution < 1.29 is 9.18 Å². The van der Waals surface area contributed by atoms with Gasteiger partial charge in [-0.15, -0.1) is 23.1 Å². The molecule has 19 heavy (non-hydrogen) atoms. The molecule has 100 valence electrons. The molecule has 1 aromatic heterocycles. The van der Waals surface area contributed by atoms with E-state index in [-0.39, 0.29) is 11.7 Å². The fraction of sp³-hybridized carbons (Fsp3) is 0.154. The lowest BCUT2D eigenvalue weighted by atomic mass is 10.3. The summed E-state index contributed by atoms with van der Waals surface area (Å²) in [4.78, 5) is 12.8. The van der Waals surface area contributed by atoms with Gasteiger partial charge in [-0.3, -0.25) is 4.79 Å². The van der Waals surface area contributed by atoms with Gasteiger partial charge < -0.3 is 5.32 Å². The number of thiophene rings is 1. The van der Waals surface area contributed by atoms with Crippen LogP contribution in [0.1, 0.15) is 4.88 Å². The van der Waals surface area contributed by atoms with Crippen LogP contribution in [0.15, 0.2) is 36.4 Å². The molecule has 0 aliphatic rings. The van der Waals surface area contributed by atoms with Crippen LogP contribution in [-0.2, 0) is 10.5 Å². The normalized spacial score (nSPS) is 10.4.